The molecule has 1 N–H and O–H groups in total. The number of hydrogen-bond acceptors (Lipinski definition) is 5. The molecule has 0 radical (unpaired) electrons. The van der Waals surface area contributed by atoms with Crippen molar-refractivity contribution in [3.05, 3.63) is 45.8 Å². The van der Waals surface area contributed by atoms with Gasteiger partial charge >= 0.3 is 5.97 Å². The summed E-state index contributed by atoms with van der Waals surface area (Å²) in [7, 11) is 0. The number of carbonyl (C=O) groups excluding carboxylic acids is 2. The van der Waals surface area contributed by atoms with Crippen molar-refractivity contribution in [2.24, 2.45) is 0 Å². The normalized spacial score (nSPS) is 12.6. The Morgan fingerprint density at radius 2 is 2.00 bits per heavy atom. The lowest BCUT2D eigenvalue weighted by atomic mass is 10.1. The Balaban J connectivity index is 1.56. The van der Waals surface area contributed by atoms with E-state index in [0.29, 0.717) is 22.2 Å². The zero-order valence-electron chi connectivity index (χ0n) is 14.4. The number of rotatable bonds is 6. The molecule has 0 unspecified atom stereocenters. The zero-order chi connectivity index (χ0) is 17.8. The fraction of sp³-hybridized carbons (Fsp3) is 0.368. The summed E-state index contributed by atoms with van der Waals surface area (Å²) >= 11 is 1.21. The van der Waals surface area contributed by atoms with Crippen LogP contribution in [0.4, 0.5) is 5.00 Å². The molecule has 3 rings (SSSR count). The summed E-state index contributed by atoms with van der Waals surface area (Å²) in [6.07, 6.45) is 3.38. The van der Waals surface area contributed by atoms with E-state index in [-0.39, 0.29) is 18.5 Å². The van der Waals surface area contributed by atoms with E-state index in [9.17, 15) is 9.59 Å². The molecule has 0 atom stereocenters. The summed E-state index contributed by atoms with van der Waals surface area (Å²) in [6.45, 7) is 3.84. The Labute approximate surface area is 151 Å². The van der Waals surface area contributed by atoms with Gasteiger partial charge in [-0.05, 0) is 68.0 Å². The predicted octanol–water partition coefficient (Wildman–Crippen LogP) is 3.74. The summed E-state index contributed by atoms with van der Waals surface area (Å²) in [5, 5.41) is 3.38. The number of hydrogen-bond donors (Lipinski definition) is 1. The van der Waals surface area contributed by atoms with Crippen molar-refractivity contribution in [2.45, 2.75) is 33.1 Å². The second-order valence-corrected chi connectivity index (χ2v) is 7.02. The van der Waals surface area contributed by atoms with Gasteiger partial charge in [-0.25, -0.2) is 4.79 Å². The number of esters is 1. The van der Waals surface area contributed by atoms with Crippen LogP contribution >= 0.6 is 11.3 Å². The minimum atomic E-state index is -0.361. The molecule has 2 aromatic rings. The highest BCUT2D eigenvalue weighted by Crippen LogP contribution is 2.28. The number of anilines is 1. The van der Waals surface area contributed by atoms with E-state index in [2.05, 4.69) is 11.4 Å². The maximum absolute atomic E-state index is 12.1. The minimum absolute atomic E-state index is 0.0650. The number of thiophene rings is 1. The molecule has 1 amide bonds. The van der Waals surface area contributed by atoms with E-state index in [1.165, 1.54) is 28.9 Å². The molecule has 1 aliphatic rings. The molecule has 0 bridgehead atoms. The number of carbonyl (C=O) groups is 2. The van der Waals surface area contributed by atoms with Crippen molar-refractivity contribution >= 4 is 28.2 Å². The van der Waals surface area contributed by atoms with Crippen LogP contribution in [0.15, 0.2) is 24.3 Å². The maximum Gasteiger partial charge on any atom is 0.348 e. The van der Waals surface area contributed by atoms with Crippen LogP contribution in [0.1, 0.15) is 39.7 Å². The van der Waals surface area contributed by atoms with Crippen molar-refractivity contribution in [2.75, 3.05) is 18.5 Å². The Hall–Kier alpha value is -2.34. The van der Waals surface area contributed by atoms with Crippen molar-refractivity contribution in [1.82, 2.24) is 0 Å². The van der Waals surface area contributed by atoms with Gasteiger partial charge in [-0.3, -0.25) is 4.79 Å². The molecule has 0 saturated carbocycles. The van der Waals surface area contributed by atoms with Gasteiger partial charge in [0.05, 0.1) is 11.6 Å². The monoisotopic (exact) mass is 359 g/mol. The van der Waals surface area contributed by atoms with Crippen LogP contribution in [-0.2, 0) is 22.4 Å². The first-order chi connectivity index (χ1) is 12.1. The third kappa shape index (κ3) is 4.20. The van der Waals surface area contributed by atoms with Crippen molar-refractivity contribution in [3.63, 3.8) is 0 Å². The molecule has 0 fully saturated rings. The van der Waals surface area contributed by atoms with E-state index in [1.54, 1.807) is 13.0 Å². The van der Waals surface area contributed by atoms with Gasteiger partial charge in [0.15, 0.2) is 6.61 Å². The fourth-order valence-electron chi connectivity index (χ4n) is 2.90. The van der Waals surface area contributed by atoms with Crippen LogP contribution in [0.2, 0.25) is 0 Å². The van der Waals surface area contributed by atoms with Crippen molar-refractivity contribution in [1.29, 1.82) is 0 Å². The first-order valence-corrected chi connectivity index (χ1v) is 9.20. The number of fused-ring (bicyclic) bond motifs is 1. The molecule has 1 aromatic heterocycles. The molecule has 1 aliphatic carbocycles. The molecule has 0 saturated heterocycles. The third-order valence-corrected chi connectivity index (χ3v) is 5.21. The molecular weight excluding hydrogens is 338 g/mol. The summed E-state index contributed by atoms with van der Waals surface area (Å²) in [5.74, 6) is 0.0995. The second kappa shape index (κ2) is 7.70. The van der Waals surface area contributed by atoms with Crippen LogP contribution in [-0.4, -0.2) is 25.1 Å². The van der Waals surface area contributed by atoms with Crippen LogP contribution in [0.5, 0.6) is 5.75 Å². The summed E-state index contributed by atoms with van der Waals surface area (Å²) in [6, 6.07) is 7.77. The topological polar surface area (TPSA) is 64.6 Å². The highest BCUT2D eigenvalue weighted by atomic mass is 32.1. The Morgan fingerprint density at radius 3 is 2.80 bits per heavy atom. The highest BCUT2D eigenvalue weighted by molar-refractivity contribution is 7.18. The van der Waals surface area contributed by atoms with Crippen LogP contribution < -0.4 is 10.1 Å². The highest BCUT2D eigenvalue weighted by Gasteiger charge is 2.16. The largest absolute Gasteiger partial charge is 0.484 e. The van der Waals surface area contributed by atoms with Gasteiger partial charge in [0, 0.05) is 0 Å². The van der Waals surface area contributed by atoms with E-state index in [0.717, 1.165) is 18.4 Å². The lowest BCUT2D eigenvalue weighted by Gasteiger charge is -2.08. The molecule has 6 heteroatoms. The average Bonchev–Trinajstić information content (AvgIpc) is 3.19. The van der Waals surface area contributed by atoms with Crippen molar-refractivity contribution in [3.8, 4) is 5.75 Å². The smallest absolute Gasteiger partial charge is 0.348 e. The van der Waals surface area contributed by atoms with E-state index in [1.807, 2.05) is 19.1 Å². The summed E-state index contributed by atoms with van der Waals surface area (Å²) in [4.78, 5) is 24.4. The number of aryl methyl sites for hydroxylation is 3. The van der Waals surface area contributed by atoms with Crippen LogP contribution in [0, 0.1) is 6.92 Å². The Kier molecular flexibility index (Phi) is 5.38. The fourth-order valence-corrected chi connectivity index (χ4v) is 3.89. The van der Waals surface area contributed by atoms with Crippen molar-refractivity contribution < 1.29 is 19.1 Å². The number of benzene rings is 1. The Bertz CT molecular complexity index is 797. The number of amides is 1. The van der Waals surface area contributed by atoms with E-state index >= 15 is 0 Å². The Morgan fingerprint density at radius 1 is 1.20 bits per heavy atom. The van der Waals surface area contributed by atoms with Gasteiger partial charge in [0.25, 0.3) is 5.91 Å². The van der Waals surface area contributed by atoms with Gasteiger partial charge in [-0.1, -0.05) is 6.07 Å². The first kappa shape index (κ1) is 17.5. The van der Waals surface area contributed by atoms with E-state index < -0.39 is 0 Å². The van der Waals surface area contributed by atoms with E-state index in [4.69, 9.17) is 9.47 Å². The molecule has 0 aliphatic heterocycles. The van der Waals surface area contributed by atoms with Gasteiger partial charge in [-0.2, -0.15) is 0 Å². The van der Waals surface area contributed by atoms with Crippen LogP contribution in [0.25, 0.3) is 0 Å². The minimum Gasteiger partial charge on any atom is -0.484 e. The quantitative estimate of drug-likeness (QED) is 0.798. The predicted molar refractivity (Wildman–Crippen MR) is 97.6 cm³/mol. The molecular formula is C19H21NO4S. The molecule has 1 aromatic carbocycles. The molecule has 0 spiro atoms. The summed E-state index contributed by atoms with van der Waals surface area (Å²) in [5.41, 5.74) is 3.47. The van der Waals surface area contributed by atoms with Gasteiger partial charge < -0.3 is 14.8 Å². The standard InChI is InChI=1S/C19H21NO4S/c1-3-23-19(22)18-12(2)9-17(25-18)20-16(21)11-24-15-8-7-13-5-4-6-14(13)10-15/h7-10H,3-6,11H2,1-2H3,(H,20,21). The van der Waals surface area contributed by atoms with Crippen LogP contribution in [0.3, 0.4) is 0 Å². The lowest BCUT2D eigenvalue weighted by Crippen LogP contribution is -2.19. The number of nitrogens with one attached hydrogen (secondary N) is 1. The van der Waals surface area contributed by atoms with Gasteiger partial charge in [0.1, 0.15) is 10.6 Å². The second-order valence-electron chi connectivity index (χ2n) is 5.96. The maximum atomic E-state index is 12.1. The SMILES string of the molecule is CCOC(=O)c1sc(NC(=O)COc2ccc3c(c2)CCC3)cc1C. The molecule has 25 heavy (non-hydrogen) atoms. The molecule has 5 nitrogen and oxygen atoms in total. The van der Waals surface area contributed by atoms with Gasteiger partial charge in [0.2, 0.25) is 0 Å². The summed E-state index contributed by atoms with van der Waals surface area (Å²) < 4.78 is 10.6. The number of ether oxygens (including phenoxy) is 2. The van der Waals surface area contributed by atoms with Gasteiger partial charge in [-0.15, -0.1) is 11.3 Å². The lowest BCUT2D eigenvalue weighted by molar-refractivity contribution is -0.118. The molecule has 1 heterocycles. The first-order valence-electron chi connectivity index (χ1n) is 8.39. The third-order valence-electron chi connectivity index (χ3n) is 4.08. The zero-order valence-corrected chi connectivity index (χ0v) is 15.2. The molecule has 132 valence electrons. The average molecular weight is 359 g/mol.